The molecule has 1 nitrogen and oxygen atoms in total. The Kier molecular flexibility index (Phi) is 4.25. The molecular formula is C14H12BrClFN. The van der Waals surface area contributed by atoms with E-state index in [9.17, 15) is 4.39 Å². The summed E-state index contributed by atoms with van der Waals surface area (Å²) in [5.74, 6) is -0.279. The molecule has 0 saturated heterocycles. The Labute approximate surface area is 119 Å². The minimum absolute atomic E-state index is 0.0145. The third-order valence-electron chi connectivity index (χ3n) is 2.65. The van der Waals surface area contributed by atoms with Crippen LogP contribution >= 0.6 is 27.5 Å². The number of anilines is 1. The van der Waals surface area contributed by atoms with Crippen molar-refractivity contribution in [3.05, 3.63) is 63.3 Å². The van der Waals surface area contributed by atoms with Crippen molar-refractivity contribution >= 4 is 33.2 Å². The maximum atomic E-state index is 13.7. The van der Waals surface area contributed by atoms with Gasteiger partial charge in [-0.05, 0) is 42.8 Å². The normalized spacial score (nSPS) is 12.2. The van der Waals surface area contributed by atoms with Gasteiger partial charge in [-0.2, -0.15) is 0 Å². The fourth-order valence-corrected chi connectivity index (χ4v) is 2.23. The largest absolute Gasteiger partial charge is 0.376 e. The molecule has 0 aliphatic carbocycles. The van der Waals surface area contributed by atoms with E-state index in [1.807, 2.05) is 31.2 Å². The van der Waals surface area contributed by atoms with Crippen molar-refractivity contribution in [1.29, 1.82) is 0 Å². The first kappa shape index (κ1) is 13.4. The summed E-state index contributed by atoms with van der Waals surface area (Å²) in [6, 6.07) is 12.5. The van der Waals surface area contributed by atoms with Crippen molar-refractivity contribution < 1.29 is 4.39 Å². The van der Waals surface area contributed by atoms with Crippen molar-refractivity contribution in [2.75, 3.05) is 5.32 Å². The lowest BCUT2D eigenvalue weighted by Gasteiger charge is -2.16. The molecule has 0 saturated carbocycles. The zero-order valence-electron chi connectivity index (χ0n) is 9.75. The van der Waals surface area contributed by atoms with Crippen molar-refractivity contribution in [1.82, 2.24) is 0 Å². The number of halogens is 3. The van der Waals surface area contributed by atoms with Gasteiger partial charge in [-0.3, -0.25) is 0 Å². The predicted molar refractivity (Wildman–Crippen MR) is 77.6 cm³/mol. The second kappa shape index (κ2) is 5.72. The first-order valence-corrected chi connectivity index (χ1v) is 6.70. The highest BCUT2D eigenvalue weighted by Gasteiger charge is 2.09. The summed E-state index contributed by atoms with van der Waals surface area (Å²) < 4.78 is 14.4. The van der Waals surface area contributed by atoms with Crippen LogP contribution in [-0.4, -0.2) is 0 Å². The lowest BCUT2D eigenvalue weighted by molar-refractivity contribution is 0.626. The summed E-state index contributed by atoms with van der Waals surface area (Å²) >= 11 is 9.17. The molecule has 0 bridgehead atoms. The van der Waals surface area contributed by atoms with Crippen molar-refractivity contribution in [2.24, 2.45) is 0 Å². The number of benzene rings is 2. The molecule has 2 aromatic rings. The van der Waals surface area contributed by atoms with Gasteiger partial charge in [0, 0.05) is 15.5 Å². The lowest BCUT2D eigenvalue weighted by atomic mass is 10.1. The van der Waals surface area contributed by atoms with E-state index in [-0.39, 0.29) is 11.9 Å². The van der Waals surface area contributed by atoms with E-state index >= 15 is 0 Å². The summed E-state index contributed by atoms with van der Waals surface area (Å²) in [6.07, 6.45) is 0. The number of rotatable bonds is 3. The SMILES string of the molecule is CC(Nc1ccc(Br)cc1F)c1cccc(Cl)c1. The molecule has 94 valence electrons. The standard InChI is InChI=1S/C14H12BrClFN/c1-9(10-3-2-4-12(16)7-10)18-14-6-5-11(15)8-13(14)17/h2-9,18H,1H3. The van der Waals surface area contributed by atoms with Crippen molar-refractivity contribution in [3.8, 4) is 0 Å². The molecule has 2 aromatic carbocycles. The Morgan fingerprint density at radius 3 is 2.67 bits per heavy atom. The predicted octanol–water partition coefficient (Wildman–Crippen LogP) is 5.41. The van der Waals surface area contributed by atoms with Gasteiger partial charge in [-0.1, -0.05) is 39.7 Å². The molecule has 0 aliphatic heterocycles. The van der Waals surface area contributed by atoms with Crippen LogP contribution in [0.25, 0.3) is 0 Å². The highest BCUT2D eigenvalue weighted by atomic mass is 79.9. The maximum absolute atomic E-state index is 13.7. The number of hydrogen-bond acceptors (Lipinski definition) is 1. The van der Waals surface area contributed by atoms with Crippen LogP contribution in [0.3, 0.4) is 0 Å². The molecule has 0 fully saturated rings. The van der Waals surface area contributed by atoms with Crippen molar-refractivity contribution in [3.63, 3.8) is 0 Å². The molecule has 2 rings (SSSR count). The van der Waals surface area contributed by atoms with Crippen LogP contribution in [0.4, 0.5) is 10.1 Å². The van der Waals surface area contributed by atoms with Gasteiger partial charge in [0.15, 0.2) is 0 Å². The van der Waals surface area contributed by atoms with Gasteiger partial charge in [-0.15, -0.1) is 0 Å². The molecular weight excluding hydrogens is 317 g/mol. The van der Waals surface area contributed by atoms with Gasteiger partial charge in [-0.25, -0.2) is 4.39 Å². The van der Waals surface area contributed by atoms with Crippen LogP contribution in [0.5, 0.6) is 0 Å². The molecule has 0 spiro atoms. The van der Waals surface area contributed by atoms with E-state index in [4.69, 9.17) is 11.6 Å². The second-order valence-corrected chi connectivity index (χ2v) is 5.40. The Morgan fingerprint density at radius 2 is 2.00 bits per heavy atom. The van der Waals surface area contributed by atoms with E-state index in [2.05, 4.69) is 21.2 Å². The van der Waals surface area contributed by atoms with E-state index in [0.29, 0.717) is 10.7 Å². The Hall–Kier alpha value is -1.06. The second-order valence-electron chi connectivity index (χ2n) is 4.05. The van der Waals surface area contributed by atoms with Crippen LogP contribution in [-0.2, 0) is 0 Å². The molecule has 1 unspecified atom stereocenters. The molecule has 0 amide bonds. The molecule has 0 radical (unpaired) electrons. The average Bonchev–Trinajstić information content (AvgIpc) is 2.32. The molecule has 1 atom stereocenters. The van der Waals surface area contributed by atoms with Gasteiger partial charge >= 0.3 is 0 Å². The first-order valence-electron chi connectivity index (χ1n) is 5.53. The summed E-state index contributed by atoms with van der Waals surface area (Å²) in [5, 5.41) is 3.80. The fourth-order valence-electron chi connectivity index (χ4n) is 1.70. The molecule has 1 N–H and O–H groups in total. The monoisotopic (exact) mass is 327 g/mol. The Bertz CT molecular complexity index is 559. The van der Waals surface area contributed by atoms with Gasteiger partial charge in [0.2, 0.25) is 0 Å². The zero-order valence-corrected chi connectivity index (χ0v) is 12.1. The minimum atomic E-state index is -0.279. The maximum Gasteiger partial charge on any atom is 0.147 e. The summed E-state index contributed by atoms with van der Waals surface area (Å²) in [7, 11) is 0. The lowest BCUT2D eigenvalue weighted by Crippen LogP contribution is -2.07. The topological polar surface area (TPSA) is 12.0 Å². The van der Waals surface area contributed by atoms with Crippen LogP contribution in [0.15, 0.2) is 46.9 Å². The number of hydrogen-bond donors (Lipinski definition) is 1. The van der Waals surface area contributed by atoms with E-state index in [1.165, 1.54) is 6.07 Å². The third-order valence-corrected chi connectivity index (χ3v) is 3.38. The number of nitrogens with one attached hydrogen (secondary N) is 1. The summed E-state index contributed by atoms with van der Waals surface area (Å²) in [6.45, 7) is 1.97. The summed E-state index contributed by atoms with van der Waals surface area (Å²) in [4.78, 5) is 0. The fraction of sp³-hybridized carbons (Fsp3) is 0.143. The highest BCUT2D eigenvalue weighted by molar-refractivity contribution is 9.10. The smallest absolute Gasteiger partial charge is 0.147 e. The summed E-state index contributed by atoms with van der Waals surface area (Å²) in [5.41, 5.74) is 1.50. The van der Waals surface area contributed by atoms with Gasteiger partial charge < -0.3 is 5.32 Å². The molecule has 4 heteroatoms. The van der Waals surface area contributed by atoms with Crippen molar-refractivity contribution in [2.45, 2.75) is 13.0 Å². The van der Waals surface area contributed by atoms with E-state index < -0.39 is 0 Å². The Morgan fingerprint density at radius 1 is 1.22 bits per heavy atom. The van der Waals surface area contributed by atoms with Crippen LogP contribution in [0.2, 0.25) is 5.02 Å². The molecule has 0 aromatic heterocycles. The molecule has 0 heterocycles. The van der Waals surface area contributed by atoms with Gasteiger partial charge in [0.05, 0.1) is 5.69 Å². The van der Waals surface area contributed by atoms with Crippen LogP contribution < -0.4 is 5.32 Å². The van der Waals surface area contributed by atoms with Gasteiger partial charge in [0.25, 0.3) is 0 Å². The third kappa shape index (κ3) is 3.24. The molecule has 0 aliphatic rings. The van der Waals surface area contributed by atoms with Crippen LogP contribution in [0, 0.1) is 5.82 Å². The molecule has 18 heavy (non-hydrogen) atoms. The Balaban J connectivity index is 2.18. The minimum Gasteiger partial charge on any atom is -0.376 e. The van der Waals surface area contributed by atoms with E-state index in [1.54, 1.807) is 12.1 Å². The first-order chi connectivity index (χ1) is 8.56. The highest BCUT2D eigenvalue weighted by Crippen LogP contribution is 2.25. The average molecular weight is 329 g/mol. The van der Waals surface area contributed by atoms with Crippen LogP contribution in [0.1, 0.15) is 18.5 Å². The quantitative estimate of drug-likeness (QED) is 0.794. The van der Waals surface area contributed by atoms with E-state index in [0.717, 1.165) is 10.0 Å². The zero-order chi connectivity index (χ0) is 13.1. The van der Waals surface area contributed by atoms with Gasteiger partial charge in [0.1, 0.15) is 5.82 Å².